The Morgan fingerprint density at radius 1 is 1.25 bits per heavy atom. The minimum Gasteiger partial charge on any atom is -0.510 e. The first-order valence-electron chi connectivity index (χ1n) is 3.72. The molecule has 1 N–H and O–H groups in total. The molecule has 0 radical (unpaired) electrons. The van der Waals surface area contributed by atoms with Gasteiger partial charge in [-0.1, -0.05) is 18.2 Å². The molecule has 0 unspecified atom stereocenters. The van der Waals surface area contributed by atoms with Crippen molar-refractivity contribution in [3.63, 3.8) is 0 Å². The van der Waals surface area contributed by atoms with Gasteiger partial charge in [-0.05, 0) is 12.1 Å². The SMILES string of the molecule is OC1=Cc2ccccc2N=NC1. The highest BCUT2D eigenvalue weighted by molar-refractivity contribution is 5.65. The van der Waals surface area contributed by atoms with Gasteiger partial charge in [-0.2, -0.15) is 10.2 Å². The van der Waals surface area contributed by atoms with Crippen LogP contribution in [0.1, 0.15) is 5.56 Å². The van der Waals surface area contributed by atoms with Crippen LogP contribution >= 0.6 is 0 Å². The molecular formula is C9H8N2O. The summed E-state index contributed by atoms with van der Waals surface area (Å²) in [5.74, 6) is 0.253. The second-order valence-corrected chi connectivity index (χ2v) is 2.59. The van der Waals surface area contributed by atoms with Crippen LogP contribution in [0, 0.1) is 0 Å². The molecule has 60 valence electrons. The number of benzene rings is 1. The fourth-order valence-corrected chi connectivity index (χ4v) is 1.11. The lowest BCUT2D eigenvalue weighted by Gasteiger charge is -1.95. The van der Waals surface area contributed by atoms with Crippen molar-refractivity contribution in [3.8, 4) is 0 Å². The monoisotopic (exact) mass is 160 g/mol. The molecule has 3 nitrogen and oxygen atoms in total. The lowest BCUT2D eigenvalue weighted by Crippen LogP contribution is -1.82. The van der Waals surface area contributed by atoms with Crippen molar-refractivity contribution in [3.05, 3.63) is 35.6 Å². The third kappa shape index (κ3) is 1.21. The number of azo groups is 1. The van der Waals surface area contributed by atoms with E-state index in [0.29, 0.717) is 0 Å². The molecule has 0 aromatic heterocycles. The van der Waals surface area contributed by atoms with Gasteiger partial charge in [0.15, 0.2) is 0 Å². The Bertz CT molecular complexity index is 355. The van der Waals surface area contributed by atoms with Crippen LogP contribution in [0.4, 0.5) is 5.69 Å². The highest BCUT2D eigenvalue weighted by atomic mass is 16.3. The Hall–Kier alpha value is -1.64. The van der Waals surface area contributed by atoms with Crippen LogP contribution in [-0.2, 0) is 0 Å². The van der Waals surface area contributed by atoms with E-state index >= 15 is 0 Å². The van der Waals surface area contributed by atoms with Crippen LogP contribution in [0.25, 0.3) is 6.08 Å². The first kappa shape index (κ1) is 7.03. The maximum atomic E-state index is 9.24. The van der Waals surface area contributed by atoms with E-state index in [9.17, 15) is 5.11 Å². The topological polar surface area (TPSA) is 45.0 Å². The van der Waals surface area contributed by atoms with Crippen molar-refractivity contribution in [2.45, 2.75) is 0 Å². The zero-order chi connectivity index (χ0) is 8.39. The van der Waals surface area contributed by atoms with Crippen molar-refractivity contribution in [2.24, 2.45) is 10.2 Å². The molecule has 0 bridgehead atoms. The van der Waals surface area contributed by atoms with Gasteiger partial charge in [0.2, 0.25) is 0 Å². The number of hydrogen-bond acceptors (Lipinski definition) is 3. The van der Waals surface area contributed by atoms with Gasteiger partial charge < -0.3 is 5.11 Å². The summed E-state index contributed by atoms with van der Waals surface area (Å²) < 4.78 is 0. The number of nitrogens with zero attached hydrogens (tertiary/aromatic N) is 2. The highest BCUT2D eigenvalue weighted by Gasteiger charge is 2.02. The van der Waals surface area contributed by atoms with E-state index in [2.05, 4.69) is 10.2 Å². The molecule has 1 aliphatic heterocycles. The summed E-state index contributed by atoms with van der Waals surface area (Å²) in [4.78, 5) is 0. The van der Waals surface area contributed by atoms with Crippen LogP contribution in [-0.4, -0.2) is 11.7 Å². The fraction of sp³-hybridized carbons (Fsp3) is 0.111. The molecule has 3 heteroatoms. The molecule has 0 amide bonds. The summed E-state index contributed by atoms with van der Waals surface area (Å²) in [6.45, 7) is 0.272. The van der Waals surface area contributed by atoms with Crippen molar-refractivity contribution in [1.82, 2.24) is 0 Å². The summed E-state index contributed by atoms with van der Waals surface area (Å²) >= 11 is 0. The molecule has 0 saturated carbocycles. The molecule has 0 spiro atoms. The first-order valence-corrected chi connectivity index (χ1v) is 3.72. The van der Waals surface area contributed by atoms with E-state index in [0.717, 1.165) is 11.3 Å². The smallest absolute Gasteiger partial charge is 0.117 e. The Balaban J connectivity index is 2.58. The van der Waals surface area contributed by atoms with Crippen molar-refractivity contribution in [2.75, 3.05) is 6.54 Å². The molecule has 0 fully saturated rings. The summed E-state index contributed by atoms with van der Waals surface area (Å²) in [5, 5.41) is 17.0. The van der Waals surface area contributed by atoms with E-state index in [1.165, 1.54) is 0 Å². The van der Waals surface area contributed by atoms with E-state index in [4.69, 9.17) is 0 Å². The first-order chi connectivity index (χ1) is 5.86. The van der Waals surface area contributed by atoms with Gasteiger partial charge in [-0.25, -0.2) is 0 Å². The van der Waals surface area contributed by atoms with Crippen LogP contribution in [0.2, 0.25) is 0 Å². The third-order valence-electron chi connectivity index (χ3n) is 1.67. The maximum absolute atomic E-state index is 9.24. The Morgan fingerprint density at radius 3 is 3.00 bits per heavy atom. The average Bonchev–Trinajstić information content (AvgIpc) is 2.25. The van der Waals surface area contributed by atoms with E-state index in [1.54, 1.807) is 6.08 Å². The number of aliphatic hydroxyl groups is 1. The van der Waals surface area contributed by atoms with Crippen LogP contribution in [0.3, 0.4) is 0 Å². The minimum absolute atomic E-state index is 0.253. The number of fused-ring (bicyclic) bond motifs is 1. The van der Waals surface area contributed by atoms with E-state index in [1.807, 2.05) is 24.3 Å². The van der Waals surface area contributed by atoms with Crippen molar-refractivity contribution in [1.29, 1.82) is 0 Å². The van der Waals surface area contributed by atoms with Crippen LogP contribution < -0.4 is 0 Å². The average molecular weight is 160 g/mol. The zero-order valence-electron chi connectivity index (χ0n) is 6.44. The van der Waals surface area contributed by atoms with Crippen molar-refractivity contribution < 1.29 is 5.11 Å². The third-order valence-corrected chi connectivity index (χ3v) is 1.67. The van der Waals surface area contributed by atoms with Gasteiger partial charge in [0, 0.05) is 5.56 Å². The zero-order valence-corrected chi connectivity index (χ0v) is 6.44. The predicted octanol–water partition coefficient (Wildman–Crippen LogP) is 2.68. The Morgan fingerprint density at radius 2 is 2.08 bits per heavy atom. The number of hydrogen-bond donors (Lipinski definition) is 1. The summed E-state index contributed by atoms with van der Waals surface area (Å²) in [6, 6.07) is 7.57. The molecule has 1 aromatic rings. The highest BCUT2D eigenvalue weighted by Crippen LogP contribution is 2.23. The lowest BCUT2D eigenvalue weighted by molar-refractivity contribution is 0.408. The maximum Gasteiger partial charge on any atom is 0.117 e. The number of rotatable bonds is 0. The fourth-order valence-electron chi connectivity index (χ4n) is 1.11. The van der Waals surface area contributed by atoms with E-state index in [-0.39, 0.29) is 12.3 Å². The molecule has 0 saturated heterocycles. The lowest BCUT2D eigenvalue weighted by atomic mass is 10.1. The van der Waals surface area contributed by atoms with Gasteiger partial charge in [0.25, 0.3) is 0 Å². The normalized spacial score (nSPS) is 14.8. The summed E-state index contributed by atoms with van der Waals surface area (Å²) in [6.07, 6.45) is 1.69. The summed E-state index contributed by atoms with van der Waals surface area (Å²) in [5.41, 5.74) is 1.72. The molecule has 2 rings (SSSR count). The Kier molecular flexibility index (Phi) is 1.63. The largest absolute Gasteiger partial charge is 0.510 e. The second kappa shape index (κ2) is 2.77. The second-order valence-electron chi connectivity index (χ2n) is 2.59. The van der Waals surface area contributed by atoms with Gasteiger partial charge in [-0.15, -0.1) is 0 Å². The van der Waals surface area contributed by atoms with E-state index < -0.39 is 0 Å². The molecule has 0 atom stereocenters. The molecule has 12 heavy (non-hydrogen) atoms. The van der Waals surface area contributed by atoms with Gasteiger partial charge in [0.1, 0.15) is 12.3 Å². The molecule has 0 aliphatic carbocycles. The molecule has 1 aliphatic rings. The molecule has 1 heterocycles. The minimum atomic E-state index is 0.253. The van der Waals surface area contributed by atoms with Gasteiger partial charge in [0.05, 0.1) is 5.69 Å². The van der Waals surface area contributed by atoms with Crippen LogP contribution in [0.5, 0.6) is 0 Å². The molecule has 1 aromatic carbocycles. The van der Waals surface area contributed by atoms with Crippen molar-refractivity contribution >= 4 is 11.8 Å². The van der Waals surface area contributed by atoms with Crippen LogP contribution in [0.15, 0.2) is 40.3 Å². The standard InChI is InChI=1S/C9H8N2O/c12-8-5-7-3-1-2-4-9(7)11-10-6-8/h1-5,12H,6H2. The van der Waals surface area contributed by atoms with Gasteiger partial charge in [-0.3, -0.25) is 0 Å². The summed E-state index contributed by atoms with van der Waals surface area (Å²) in [7, 11) is 0. The van der Waals surface area contributed by atoms with Gasteiger partial charge >= 0.3 is 0 Å². The quantitative estimate of drug-likeness (QED) is 0.623. The Labute approximate surface area is 70.1 Å². The molecular weight excluding hydrogens is 152 g/mol. The number of aliphatic hydroxyl groups excluding tert-OH is 1. The predicted molar refractivity (Wildman–Crippen MR) is 46.4 cm³/mol.